The van der Waals surface area contributed by atoms with Gasteiger partial charge in [0, 0.05) is 30.1 Å². The van der Waals surface area contributed by atoms with Crippen LogP contribution >= 0.6 is 11.8 Å². The predicted octanol–water partition coefficient (Wildman–Crippen LogP) is 5.77. The number of nitrogens with zero attached hydrogens (tertiary/aromatic N) is 4. The van der Waals surface area contributed by atoms with Gasteiger partial charge in [-0.15, -0.1) is 11.8 Å². The van der Waals surface area contributed by atoms with Crippen LogP contribution in [0.15, 0.2) is 91.3 Å². The quantitative estimate of drug-likeness (QED) is 0.248. The van der Waals surface area contributed by atoms with Crippen molar-refractivity contribution < 1.29 is 19.1 Å². The van der Waals surface area contributed by atoms with Crippen LogP contribution in [0.25, 0.3) is 16.9 Å². The number of hydrogen-bond donors (Lipinski definition) is 1. The van der Waals surface area contributed by atoms with Gasteiger partial charge in [-0.3, -0.25) is 19.5 Å². The monoisotopic (exact) mass is 617 g/mol. The maximum atomic E-state index is 14.0. The molecule has 0 saturated carbocycles. The highest BCUT2D eigenvalue weighted by atomic mass is 32.2. The molecular weight excluding hydrogens is 586 g/mol. The molecule has 5 aromatic rings. The van der Waals surface area contributed by atoms with E-state index in [1.165, 1.54) is 11.8 Å². The Morgan fingerprint density at radius 1 is 1.00 bits per heavy atom. The molecule has 2 aliphatic heterocycles. The number of rotatable bonds is 7. The molecule has 2 amide bonds. The van der Waals surface area contributed by atoms with E-state index >= 15 is 0 Å². The van der Waals surface area contributed by atoms with Crippen molar-refractivity contribution in [1.29, 1.82) is 0 Å². The highest BCUT2D eigenvalue weighted by Crippen LogP contribution is 2.50. The number of carbonyl (C=O) groups excluding carboxylic acids is 2. The minimum Gasteiger partial charge on any atom is -0.454 e. The molecule has 0 radical (unpaired) electrons. The molecule has 7 rings (SSSR count). The third kappa shape index (κ3) is 5.64. The third-order valence-corrected chi connectivity index (χ3v) is 9.19. The zero-order valence-electron chi connectivity index (χ0n) is 24.9. The number of anilines is 1. The van der Waals surface area contributed by atoms with Crippen LogP contribution in [0.4, 0.5) is 5.82 Å². The first-order chi connectivity index (χ1) is 22.0. The number of pyridine rings is 1. The number of fused-ring (bicyclic) bond motifs is 2. The van der Waals surface area contributed by atoms with Gasteiger partial charge >= 0.3 is 0 Å². The van der Waals surface area contributed by atoms with Crippen LogP contribution in [0.5, 0.6) is 11.5 Å². The van der Waals surface area contributed by atoms with Crippen LogP contribution in [0, 0.1) is 13.8 Å². The number of carbonyl (C=O) groups is 2. The van der Waals surface area contributed by atoms with E-state index in [2.05, 4.69) is 16.4 Å². The summed E-state index contributed by atoms with van der Waals surface area (Å²) in [6.07, 6.45) is 3.40. The summed E-state index contributed by atoms with van der Waals surface area (Å²) in [4.78, 5) is 33.2. The first kappa shape index (κ1) is 28.7. The third-order valence-electron chi connectivity index (χ3n) is 7.93. The largest absolute Gasteiger partial charge is 0.454 e. The normalized spacial score (nSPS) is 15.5. The van der Waals surface area contributed by atoms with Crippen molar-refractivity contribution in [3.05, 3.63) is 119 Å². The van der Waals surface area contributed by atoms with Crippen LogP contribution in [-0.4, -0.2) is 45.7 Å². The summed E-state index contributed by atoms with van der Waals surface area (Å²) in [5.41, 5.74) is 7.31. The zero-order chi connectivity index (χ0) is 30.9. The molecule has 2 aromatic heterocycles. The summed E-state index contributed by atoms with van der Waals surface area (Å²) in [6.45, 7) is 4.39. The topological polar surface area (TPSA) is 98.6 Å². The van der Waals surface area contributed by atoms with Gasteiger partial charge in [0.25, 0.3) is 0 Å². The van der Waals surface area contributed by atoms with E-state index in [1.54, 1.807) is 17.3 Å². The number of aryl methyl sites for hydroxylation is 2. The van der Waals surface area contributed by atoms with Crippen molar-refractivity contribution >= 4 is 29.4 Å². The smallest absolute Gasteiger partial charge is 0.240 e. The molecule has 3 aromatic carbocycles. The molecule has 9 nitrogen and oxygen atoms in total. The molecule has 0 unspecified atom stereocenters. The summed E-state index contributed by atoms with van der Waals surface area (Å²) < 4.78 is 13.2. The van der Waals surface area contributed by atoms with Gasteiger partial charge in [-0.2, -0.15) is 5.10 Å². The van der Waals surface area contributed by atoms with Gasteiger partial charge in [-0.05, 0) is 54.8 Å². The van der Waals surface area contributed by atoms with Crippen molar-refractivity contribution in [2.45, 2.75) is 25.6 Å². The summed E-state index contributed by atoms with van der Waals surface area (Å²) in [7, 11) is 0. The van der Waals surface area contributed by atoms with Crippen molar-refractivity contribution in [2.75, 3.05) is 24.0 Å². The van der Waals surface area contributed by atoms with Crippen molar-refractivity contribution in [3.63, 3.8) is 0 Å². The zero-order valence-corrected chi connectivity index (χ0v) is 25.7. The van der Waals surface area contributed by atoms with Crippen LogP contribution in [0.1, 0.15) is 33.1 Å². The summed E-state index contributed by atoms with van der Waals surface area (Å²) in [6, 6.07) is 25.7. The number of benzene rings is 3. The fraction of sp³-hybridized carbons (Fsp3) is 0.200. The molecule has 4 heterocycles. The first-order valence-corrected chi connectivity index (χ1v) is 15.7. The Kier molecular flexibility index (Phi) is 7.72. The molecule has 1 atom stereocenters. The van der Waals surface area contributed by atoms with E-state index in [0.29, 0.717) is 23.9 Å². The van der Waals surface area contributed by atoms with Gasteiger partial charge in [-0.1, -0.05) is 60.2 Å². The summed E-state index contributed by atoms with van der Waals surface area (Å²) >= 11 is 1.52. The molecule has 1 N–H and O–H groups in total. The summed E-state index contributed by atoms with van der Waals surface area (Å²) in [5, 5.41) is 7.90. The average Bonchev–Trinajstić information content (AvgIpc) is 3.65. The maximum Gasteiger partial charge on any atom is 0.240 e. The predicted molar refractivity (Wildman–Crippen MR) is 174 cm³/mol. The Bertz CT molecular complexity index is 1890. The molecule has 226 valence electrons. The minimum atomic E-state index is -0.281. The number of aromatic nitrogens is 3. The second-order valence-corrected chi connectivity index (χ2v) is 12.2. The van der Waals surface area contributed by atoms with E-state index in [0.717, 1.165) is 44.8 Å². The molecule has 0 fully saturated rings. The minimum absolute atomic E-state index is 0.161. The van der Waals surface area contributed by atoms with Crippen molar-refractivity contribution in [1.82, 2.24) is 20.1 Å². The fourth-order valence-electron chi connectivity index (χ4n) is 5.78. The first-order valence-electron chi connectivity index (χ1n) is 14.7. The Morgan fingerprint density at radius 3 is 2.64 bits per heavy atom. The molecule has 45 heavy (non-hydrogen) atoms. The second kappa shape index (κ2) is 12.1. The number of amides is 2. The van der Waals surface area contributed by atoms with Crippen LogP contribution in [-0.2, 0) is 16.1 Å². The number of nitrogens with one attached hydrogen (secondary N) is 1. The lowest BCUT2D eigenvalue weighted by molar-refractivity contribution is -0.123. The van der Waals surface area contributed by atoms with Crippen LogP contribution < -0.4 is 19.7 Å². The lowest BCUT2D eigenvalue weighted by Gasteiger charge is -2.24. The van der Waals surface area contributed by atoms with Gasteiger partial charge in [0.1, 0.15) is 12.4 Å². The van der Waals surface area contributed by atoms with E-state index in [9.17, 15) is 9.59 Å². The Balaban J connectivity index is 1.40. The average molecular weight is 618 g/mol. The number of thioether (sulfide) groups is 1. The maximum absolute atomic E-state index is 14.0. The van der Waals surface area contributed by atoms with Crippen LogP contribution in [0.2, 0.25) is 0 Å². The standard InChI is InChI=1S/C35H31N5O4S/c1-22-10-12-27(23(2)15-22)40-35-32(33(38-40)25-8-4-3-5-9-25)34(26-11-13-28-29(16-26)44-21-43-28)45-20-31(42)39(35)19-30(41)37-18-24-7-6-14-36-17-24/h3-17,34H,18-21H2,1-2H3,(H,37,41)/t34-/m1/s1. The van der Waals surface area contributed by atoms with Gasteiger partial charge in [0.15, 0.2) is 11.5 Å². The second-order valence-electron chi connectivity index (χ2n) is 11.1. The van der Waals surface area contributed by atoms with Gasteiger partial charge in [-0.25, -0.2) is 4.68 Å². The van der Waals surface area contributed by atoms with Crippen molar-refractivity contribution in [3.8, 4) is 28.4 Å². The van der Waals surface area contributed by atoms with E-state index in [1.807, 2.05) is 91.3 Å². The molecule has 0 saturated heterocycles. The van der Waals surface area contributed by atoms with Gasteiger partial charge < -0.3 is 14.8 Å². The van der Waals surface area contributed by atoms with E-state index in [-0.39, 0.29) is 36.2 Å². The molecule has 0 bridgehead atoms. The molecule has 2 aliphatic rings. The number of ether oxygens (including phenoxy) is 2. The lowest BCUT2D eigenvalue weighted by atomic mass is 9.99. The molecule has 10 heteroatoms. The van der Waals surface area contributed by atoms with E-state index in [4.69, 9.17) is 14.6 Å². The van der Waals surface area contributed by atoms with Crippen molar-refractivity contribution in [2.24, 2.45) is 0 Å². The highest BCUT2D eigenvalue weighted by Gasteiger charge is 2.38. The lowest BCUT2D eigenvalue weighted by Crippen LogP contribution is -2.42. The molecule has 0 spiro atoms. The number of hydrogen-bond acceptors (Lipinski definition) is 7. The van der Waals surface area contributed by atoms with Gasteiger partial charge in [0.05, 0.1) is 22.4 Å². The van der Waals surface area contributed by atoms with Gasteiger partial charge in [0.2, 0.25) is 18.6 Å². The Hall–Kier alpha value is -5.09. The highest BCUT2D eigenvalue weighted by molar-refractivity contribution is 8.00. The fourth-order valence-corrected chi connectivity index (χ4v) is 6.97. The van der Waals surface area contributed by atoms with E-state index < -0.39 is 0 Å². The summed E-state index contributed by atoms with van der Waals surface area (Å²) in [5.74, 6) is 1.65. The SMILES string of the molecule is Cc1ccc(-n2nc(-c3ccccc3)c3c2N(CC(=O)NCc2cccnc2)C(=O)CS[C@@H]3c2ccc3c(c2)OCO3)c(C)c1. The molecule has 0 aliphatic carbocycles. The Morgan fingerprint density at radius 2 is 1.84 bits per heavy atom. The Labute approximate surface area is 265 Å². The van der Waals surface area contributed by atoms with Crippen LogP contribution in [0.3, 0.4) is 0 Å². The molecular formula is C35H31N5O4S.